The number of hydrogen-bond acceptors (Lipinski definition) is 3. The first-order valence-electron chi connectivity index (χ1n) is 10.1. The van der Waals surface area contributed by atoms with Gasteiger partial charge in [0.25, 0.3) is 10.1 Å². The van der Waals surface area contributed by atoms with Crippen molar-refractivity contribution in [1.29, 1.82) is 0 Å². The highest BCUT2D eigenvalue weighted by Gasteiger charge is 2.29. The summed E-state index contributed by atoms with van der Waals surface area (Å²) in [6.07, 6.45) is 2.96. The maximum absolute atomic E-state index is 11.1. The molecule has 1 unspecified atom stereocenters. The van der Waals surface area contributed by atoms with Crippen LogP contribution in [0.5, 0.6) is 0 Å². The summed E-state index contributed by atoms with van der Waals surface area (Å²) in [4.78, 5) is 0. The van der Waals surface area contributed by atoms with E-state index in [9.17, 15) is 8.42 Å². The highest BCUT2D eigenvalue weighted by molar-refractivity contribution is 7.85. The summed E-state index contributed by atoms with van der Waals surface area (Å²) in [5.74, 6) is -0.183. The number of hydrogen-bond donors (Lipinski definition) is 2. The summed E-state index contributed by atoms with van der Waals surface area (Å²) in [5.41, 5.74) is 3.24. The predicted molar refractivity (Wildman–Crippen MR) is 122 cm³/mol. The first-order valence-corrected chi connectivity index (χ1v) is 11.7. The number of anilines is 2. The molecule has 0 saturated carbocycles. The van der Waals surface area contributed by atoms with Gasteiger partial charge in [0.2, 0.25) is 0 Å². The molecule has 4 nitrogen and oxygen atoms in total. The monoisotopic (exact) mass is 411 g/mol. The number of fused-ring (bicyclic) bond motifs is 1. The summed E-state index contributed by atoms with van der Waals surface area (Å²) >= 11 is 0. The number of benzene rings is 3. The zero-order chi connectivity index (χ0) is 20.9. The highest BCUT2D eigenvalue weighted by atomic mass is 32.2. The van der Waals surface area contributed by atoms with Crippen LogP contribution in [0.25, 0.3) is 10.8 Å². The predicted octanol–water partition coefficient (Wildman–Crippen LogP) is 6.31. The quantitative estimate of drug-likeness (QED) is 0.320. The van der Waals surface area contributed by atoms with Crippen LogP contribution in [-0.4, -0.2) is 18.7 Å². The Bertz CT molecular complexity index is 1060. The van der Waals surface area contributed by atoms with Crippen LogP contribution in [0, 0.1) is 0 Å². The molecule has 3 aromatic carbocycles. The zero-order valence-corrected chi connectivity index (χ0v) is 17.9. The van der Waals surface area contributed by atoms with Crippen molar-refractivity contribution < 1.29 is 13.0 Å². The van der Waals surface area contributed by atoms with Crippen LogP contribution in [0.15, 0.2) is 66.7 Å². The second-order valence-corrected chi connectivity index (χ2v) is 9.43. The summed E-state index contributed by atoms with van der Waals surface area (Å²) in [7, 11) is -3.91. The van der Waals surface area contributed by atoms with Crippen LogP contribution in [0.1, 0.15) is 45.1 Å². The number of para-hydroxylation sites is 1. The van der Waals surface area contributed by atoms with Gasteiger partial charge >= 0.3 is 0 Å². The molecule has 1 atom stereocenters. The highest BCUT2D eigenvalue weighted by Crippen LogP contribution is 2.42. The fourth-order valence-electron chi connectivity index (χ4n) is 3.98. The Labute approximate surface area is 173 Å². The second-order valence-electron chi connectivity index (χ2n) is 7.86. The summed E-state index contributed by atoms with van der Waals surface area (Å²) in [6.45, 7) is 4.43. The molecule has 0 amide bonds. The van der Waals surface area contributed by atoms with Crippen molar-refractivity contribution in [3.8, 4) is 0 Å². The van der Waals surface area contributed by atoms with Crippen LogP contribution >= 0.6 is 0 Å². The molecule has 0 aliphatic heterocycles. The van der Waals surface area contributed by atoms with Crippen molar-refractivity contribution in [2.24, 2.45) is 0 Å². The average molecular weight is 412 g/mol. The van der Waals surface area contributed by atoms with Crippen molar-refractivity contribution >= 4 is 32.3 Å². The first kappa shape index (κ1) is 21.3. The zero-order valence-electron chi connectivity index (χ0n) is 17.1. The molecule has 0 saturated heterocycles. The van der Waals surface area contributed by atoms with E-state index >= 15 is 0 Å². The molecule has 0 spiro atoms. The molecule has 0 aliphatic rings. The summed E-state index contributed by atoms with van der Waals surface area (Å²) in [6, 6.07) is 22.8. The van der Waals surface area contributed by atoms with Crippen molar-refractivity contribution in [1.82, 2.24) is 0 Å². The molecule has 2 N–H and O–H groups in total. The third kappa shape index (κ3) is 5.37. The van der Waals surface area contributed by atoms with Crippen LogP contribution in [0.2, 0.25) is 0 Å². The molecule has 0 aliphatic carbocycles. The Morgan fingerprint density at radius 2 is 1.62 bits per heavy atom. The Morgan fingerprint density at radius 3 is 2.31 bits per heavy atom. The largest absolute Gasteiger partial charge is 0.355 e. The van der Waals surface area contributed by atoms with Crippen molar-refractivity contribution in [2.75, 3.05) is 11.1 Å². The molecular formula is C24H29NO3S. The van der Waals surface area contributed by atoms with E-state index in [1.54, 1.807) is 0 Å². The Kier molecular flexibility index (Phi) is 6.60. The third-order valence-corrected chi connectivity index (χ3v) is 6.55. The van der Waals surface area contributed by atoms with Gasteiger partial charge in [-0.1, -0.05) is 68.8 Å². The lowest BCUT2D eigenvalue weighted by Gasteiger charge is -2.33. The smallest absolute Gasteiger partial charge is 0.264 e. The summed E-state index contributed by atoms with van der Waals surface area (Å²) < 4.78 is 31.2. The van der Waals surface area contributed by atoms with Gasteiger partial charge in [-0.25, -0.2) is 0 Å². The van der Waals surface area contributed by atoms with E-state index in [-0.39, 0.29) is 11.2 Å². The molecule has 0 heterocycles. The Morgan fingerprint density at radius 1 is 0.931 bits per heavy atom. The Hall–Kier alpha value is -2.37. The van der Waals surface area contributed by atoms with Gasteiger partial charge in [0.05, 0.1) is 5.75 Å². The van der Waals surface area contributed by atoms with E-state index < -0.39 is 10.1 Å². The first-order chi connectivity index (χ1) is 13.8. The molecule has 29 heavy (non-hydrogen) atoms. The average Bonchev–Trinajstić information content (AvgIpc) is 2.71. The SMILES string of the molecule is CCC(C)(CCCCS(=O)(=O)O)c1c(Nc2ccccc2)ccc2ccccc12. The van der Waals surface area contributed by atoms with Crippen molar-refractivity contribution in [3.05, 3.63) is 72.3 Å². The van der Waals surface area contributed by atoms with E-state index in [0.29, 0.717) is 6.42 Å². The van der Waals surface area contributed by atoms with E-state index in [1.165, 1.54) is 16.3 Å². The van der Waals surface area contributed by atoms with Gasteiger partial charge < -0.3 is 5.32 Å². The molecule has 0 bridgehead atoms. The summed E-state index contributed by atoms with van der Waals surface area (Å²) in [5, 5.41) is 5.99. The molecule has 3 rings (SSSR count). The second kappa shape index (κ2) is 8.97. The minimum atomic E-state index is -3.91. The molecule has 5 heteroatoms. The molecule has 0 fully saturated rings. The lowest BCUT2D eigenvalue weighted by Crippen LogP contribution is -2.23. The van der Waals surface area contributed by atoms with Crippen molar-refractivity contribution in [2.45, 2.75) is 44.9 Å². The van der Waals surface area contributed by atoms with Crippen LogP contribution in [0.4, 0.5) is 11.4 Å². The minimum Gasteiger partial charge on any atom is -0.355 e. The minimum absolute atomic E-state index is 0.128. The van der Waals surface area contributed by atoms with Crippen molar-refractivity contribution in [3.63, 3.8) is 0 Å². The molecule has 0 aromatic heterocycles. The van der Waals surface area contributed by atoms with Gasteiger partial charge in [0.15, 0.2) is 0 Å². The van der Waals surface area contributed by atoms with Crippen LogP contribution in [-0.2, 0) is 15.5 Å². The fraction of sp³-hybridized carbons (Fsp3) is 0.333. The molecule has 154 valence electrons. The standard InChI is InChI=1S/C24H29NO3S/c1-3-24(2,17-9-10-18-29(26,27)28)23-21-14-8-7-11-19(21)15-16-22(23)25-20-12-5-4-6-13-20/h4-8,11-16,25H,3,9-10,17-18H2,1-2H3,(H,26,27,28). The fourth-order valence-corrected chi connectivity index (χ4v) is 4.55. The van der Waals surface area contributed by atoms with Gasteiger partial charge in [0, 0.05) is 11.4 Å². The lowest BCUT2D eigenvalue weighted by molar-refractivity contribution is 0.405. The van der Waals surface area contributed by atoms with E-state index in [2.05, 4.69) is 49.5 Å². The van der Waals surface area contributed by atoms with E-state index in [4.69, 9.17) is 4.55 Å². The van der Waals surface area contributed by atoms with Crippen LogP contribution in [0.3, 0.4) is 0 Å². The maximum atomic E-state index is 11.1. The normalized spacial score (nSPS) is 13.9. The maximum Gasteiger partial charge on any atom is 0.264 e. The third-order valence-electron chi connectivity index (χ3n) is 5.75. The molecule has 3 aromatic rings. The number of nitrogens with one attached hydrogen (secondary N) is 1. The lowest BCUT2D eigenvalue weighted by atomic mass is 9.73. The van der Waals surface area contributed by atoms with Gasteiger partial charge in [-0.3, -0.25) is 4.55 Å². The van der Waals surface area contributed by atoms with Gasteiger partial charge in [-0.05, 0) is 59.2 Å². The molecule has 0 radical (unpaired) electrons. The van der Waals surface area contributed by atoms with Gasteiger partial charge in [-0.2, -0.15) is 8.42 Å². The Balaban J connectivity index is 2.00. The van der Waals surface area contributed by atoms with E-state index in [1.807, 2.05) is 36.4 Å². The van der Waals surface area contributed by atoms with Crippen LogP contribution < -0.4 is 5.32 Å². The van der Waals surface area contributed by atoms with Gasteiger partial charge in [0.1, 0.15) is 0 Å². The topological polar surface area (TPSA) is 66.4 Å². The number of rotatable bonds is 9. The van der Waals surface area contributed by atoms with E-state index in [0.717, 1.165) is 30.6 Å². The van der Waals surface area contributed by atoms with Gasteiger partial charge in [-0.15, -0.1) is 0 Å². The number of unbranched alkanes of at least 4 members (excludes halogenated alkanes) is 1. The molecular weight excluding hydrogens is 382 g/mol.